The van der Waals surface area contributed by atoms with E-state index in [1.165, 1.54) is 17.4 Å². The molecule has 0 aliphatic heterocycles. The van der Waals surface area contributed by atoms with Gasteiger partial charge in [0.25, 0.3) is 5.69 Å². The summed E-state index contributed by atoms with van der Waals surface area (Å²) in [4.78, 5) is 15.0. The smallest absolute Gasteiger partial charge is 0.292 e. The predicted molar refractivity (Wildman–Crippen MR) is 80.9 cm³/mol. The highest BCUT2D eigenvalue weighted by atomic mass is 32.1. The Bertz CT molecular complexity index is 826. The Morgan fingerprint density at radius 3 is 2.80 bits per heavy atom. The second kappa shape index (κ2) is 4.57. The van der Waals surface area contributed by atoms with Crippen molar-refractivity contribution in [2.45, 2.75) is 6.92 Å². The Hall–Kier alpha value is -2.47. The van der Waals surface area contributed by atoms with E-state index in [0.29, 0.717) is 5.56 Å². The second-order valence-electron chi connectivity index (χ2n) is 4.47. The molecule has 0 saturated heterocycles. The number of nitrogens with zero attached hydrogens (tertiary/aromatic N) is 2. The molecule has 0 fully saturated rings. The molecule has 6 heteroatoms. The quantitative estimate of drug-likeness (QED) is 0.441. The van der Waals surface area contributed by atoms with Gasteiger partial charge in [-0.1, -0.05) is 12.1 Å². The van der Waals surface area contributed by atoms with Crippen LogP contribution in [0.3, 0.4) is 0 Å². The minimum atomic E-state index is -0.475. The number of nitrogens with two attached hydrogens (primary N) is 1. The monoisotopic (exact) mass is 285 g/mol. The first-order chi connectivity index (χ1) is 9.56. The van der Waals surface area contributed by atoms with Gasteiger partial charge in [-0.05, 0) is 30.7 Å². The van der Waals surface area contributed by atoms with Crippen LogP contribution in [0.5, 0.6) is 0 Å². The van der Waals surface area contributed by atoms with Gasteiger partial charge in [-0.3, -0.25) is 10.1 Å². The van der Waals surface area contributed by atoms with Gasteiger partial charge in [-0.25, -0.2) is 4.98 Å². The molecule has 5 nitrogen and oxygen atoms in total. The maximum atomic E-state index is 10.9. The van der Waals surface area contributed by atoms with Gasteiger partial charge in [0, 0.05) is 11.6 Å². The number of benzene rings is 2. The van der Waals surface area contributed by atoms with E-state index in [4.69, 9.17) is 5.73 Å². The van der Waals surface area contributed by atoms with Crippen molar-refractivity contribution < 1.29 is 4.92 Å². The number of para-hydroxylation sites is 1. The molecule has 2 N–H and O–H groups in total. The van der Waals surface area contributed by atoms with Crippen molar-refractivity contribution in [2.75, 3.05) is 5.73 Å². The highest BCUT2D eigenvalue weighted by Crippen LogP contribution is 2.34. The van der Waals surface area contributed by atoms with Gasteiger partial charge < -0.3 is 5.73 Å². The molecule has 2 aromatic carbocycles. The van der Waals surface area contributed by atoms with Gasteiger partial charge in [0.15, 0.2) is 0 Å². The van der Waals surface area contributed by atoms with Crippen molar-refractivity contribution in [2.24, 2.45) is 0 Å². The van der Waals surface area contributed by atoms with Crippen LogP contribution in [-0.2, 0) is 0 Å². The van der Waals surface area contributed by atoms with E-state index in [-0.39, 0.29) is 11.4 Å². The highest BCUT2D eigenvalue weighted by molar-refractivity contribution is 7.21. The highest BCUT2D eigenvalue weighted by Gasteiger charge is 2.15. The fraction of sp³-hybridized carbons (Fsp3) is 0.0714. The van der Waals surface area contributed by atoms with Crippen molar-refractivity contribution >= 4 is 32.9 Å². The Kier molecular flexibility index (Phi) is 2.87. The molecule has 0 spiro atoms. The van der Waals surface area contributed by atoms with Crippen LogP contribution in [0.1, 0.15) is 5.56 Å². The number of thiazole rings is 1. The van der Waals surface area contributed by atoms with E-state index < -0.39 is 4.92 Å². The minimum absolute atomic E-state index is 0.0847. The molecule has 0 atom stereocenters. The first-order valence-corrected chi connectivity index (χ1v) is 6.78. The maximum absolute atomic E-state index is 10.9. The van der Waals surface area contributed by atoms with E-state index in [1.54, 1.807) is 12.1 Å². The van der Waals surface area contributed by atoms with E-state index >= 15 is 0 Å². The number of anilines is 1. The van der Waals surface area contributed by atoms with Gasteiger partial charge in [0.2, 0.25) is 0 Å². The number of nitro benzene ring substituents is 1. The maximum Gasteiger partial charge on any atom is 0.292 e. The Morgan fingerprint density at radius 2 is 2.10 bits per heavy atom. The van der Waals surface area contributed by atoms with Crippen LogP contribution in [-0.4, -0.2) is 9.91 Å². The van der Waals surface area contributed by atoms with E-state index in [9.17, 15) is 10.1 Å². The zero-order chi connectivity index (χ0) is 14.3. The Labute approximate surface area is 118 Å². The number of aryl methyl sites for hydroxylation is 1. The predicted octanol–water partition coefficient (Wildman–Crippen LogP) is 3.76. The fourth-order valence-corrected chi connectivity index (χ4v) is 3.08. The molecular weight excluding hydrogens is 274 g/mol. The number of aromatic nitrogens is 1. The third-order valence-electron chi connectivity index (χ3n) is 3.09. The third-order valence-corrected chi connectivity index (χ3v) is 4.16. The van der Waals surface area contributed by atoms with E-state index in [1.807, 2.05) is 25.1 Å². The summed E-state index contributed by atoms with van der Waals surface area (Å²) in [5, 5.41) is 11.7. The zero-order valence-corrected chi connectivity index (χ0v) is 11.5. The van der Waals surface area contributed by atoms with E-state index in [2.05, 4.69) is 4.98 Å². The molecule has 0 aliphatic rings. The molecule has 20 heavy (non-hydrogen) atoms. The minimum Gasteiger partial charge on any atom is -0.393 e. The average molecular weight is 285 g/mol. The first kappa shape index (κ1) is 12.6. The molecular formula is C14H11N3O2S. The molecule has 0 amide bonds. The lowest BCUT2D eigenvalue weighted by Crippen LogP contribution is -1.95. The Balaban J connectivity index is 2.18. The van der Waals surface area contributed by atoms with Crippen LogP contribution in [0.2, 0.25) is 0 Å². The van der Waals surface area contributed by atoms with Gasteiger partial charge in [0.1, 0.15) is 10.7 Å². The van der Waals surface area contributed by atoms with Crippen LogP contribution < -0.4 is 5.73 Å². The van der Waals surface area contributed by atoms with Crippen LogP contribution in [0.15, 0.2) is 36.4 Å². The molecule has 1 aromatic heterocycles. The molecule has 0 radical (unpaired) electrons. The van der Waals surface area contributed by atoms with Gasteiger partial charge in [-0.2, -0.15) is 0 Å². The lowest BCUT2D eigenvalue weighted by Gasteiger charge is -1.99. The lowest BCUT2D eigenvalue weighted by molar-refractivity contribution is -0.383. The number of fused-ring (bicyclic) bond motifs is 1. The van der Waals surface area contributed by atoms with Gasteiger partial charge >= 0.3 is 0 Å². The van der Waals surface area contributed by atoms with Gasteiger partial charge in [0.05, 0.1) is 15.1 Å². The molecule has 0 unspecified atom stereocenters. The third kappa shape index (κ3) is 2.00. The molecule has 3 rings (SSSR count). The first-order valence-electron chi connectivity index (χ1n) is 5.96. The van der Waals surface area contributed by atoms with Gasteiger partial charge in [-0.15, -0.1) is 11.3 Å². The SMILES string of the molecule is Cc1cccc2sc(-c3ccc(N)c([N+](=O)[O-])c3)nc12. The number of hydrogen-bond donors (Lipinski definition) is 1. The van der Waals surface area contributed by atoms with Crippen molar-refractivity contribution in [1.82, 2.24) is 4.98 Å². The van der Waals surface area contributed by atoms with E-state index in [0.717, 1.165) is 20.8 Å². The summed E-state index contributed by atoms with van der Waals surface area (Å²) < 4.78 is 1.07. The van der Waals surface area contributed by atoms with Crippen molar-refractivity contribution in [3.8, 4) is 10.6 Å². The molecule has 1 heterocycles. The van der Waals surface area contributed by atoms with Crippen LogP contribution >= 0.6 is 11.3 Å². The van der Waals surface area contributed by atoms with Crippen molar-refractivity contribution in [1.29, 1.82) is 0 Å². The van der Waals surface area contributed by atoms with Crippen LogP contribution in [0.4, 0.5) is 11.4 Å². The summed E-state index contributed by atoms with van der Waals surface area (Å²) in [5.41, 5.74) is 8.43. The molecule has 0 saturated carbocycles. The number of hydrogen-bond acceptors (Lipinski definition) is 5. The zero-order valence-electron chi connectivity index (χ0n) is 10.7. The molecule has 0 aliphatic carbocycles. The number of nitrogen functional groups attached to an aromatic ring is 1. The summed E-state index contributed by atoms with van der Waals surface area (Å²) in [6.45, 7) is 2.00. The summed E-state index contributed by atoms with van der Waals surface area (Å²) in [7, 11) is 0. The standard InChI is InChI=1S/C14H11N3O2S/c1-8-3-2-4-12-13(8)16-14(20-12)9-5-6-10(15)11(7-9)17(18)19/h2-7H,15H2,1H3. The molecule has 0 bridgehead atoms. The summed E-state index contributed by atoms with van der Waals surface area (Å²) in [5.74, 6) is 0. The Morgan fingerprint density at radius 1 is 1.30 bits per heavy atom. The normalized spacial score (nSPS) is 10.8. The number of nitro groups is 1. The van der Waals surface area contributed by atoms with Crippen LogP contribution in [0.25, 0.3) is 20.8 Å². The molecule has 100 valence electrons. The van der Waals surface area contributed by atoms with Crippen LogP contribution in [0, 0.1) is 17.0 Å². The lowest BCUT2D eigenvalue weighted by atomic mass is 10.2. The number of rotatable bonds is 2. The summed E-state index contributed by atoms with van der Waals surface area (Å²) in [6, 6.07) is 10.8. The van der Waals surface area contributed by atoms with Crippen molar-refractivity contribution in [3.05, 3.63) is 52.1 Å². The largest absolute Gasteiger partial charge is 0.393 e. The second-order valence-corrected chi connectivity index (χ2v) is 5.50. The summed E-state index contributed by atoms with van der Waals surface area (Å²) in [6.07, 6.45) is 0. The van der Waals surface area contributed by atoms with Crippen molar-refractivity contribution in [3.63, 3.8) is 0 Å². The topological polar surface area (TPSA) is 82.0 Å². The molecule has 3 aromatic rings. The fourth-order valence-electron chi connectivity index (χ4n) is 2.04. The average Bonchev–Trinajstić information content (AvgIpc) is 2.84. The summed E-state index contributed by atoms with van der Waals surface area (Å²) >= 11 is 1.52.